The topological polar surface area (TPSA) is 42.2 Å². The molecule has 0 radical (unpaired) electrons. The molecule has 20 heavy (non-hydrogen) atoms. The number of anilines is 1. The molecule has 0 aliphatic heterocycles. The minimum atomic E-state index is 0.685. The maximum absolute atomic E-state index is 5.72. The van der Waals surface area contributed by atoms with E-state index in [1.807, 2.05) is 18.3 Å². The average molecular weight is 269 g/mol. The molecule has 1 aromatic carbocycles. The molecule has 106 valence electrons. The van der Waals surface area contributed by atoms with Gasteiger partial charge in [0.25, 0.3) is 0 Å². The van der Waals surface area contributed by atoms with Gasteiger partial charge in [-0.3, -0.25) is 4.98 Å². The second-order valence-electron chi connectivity index (χ2n) is 5.16. The molecule has 0 spiro atoms. The molecule has 0 aliphatic carbocycles. The smallest absolute Gasteiger partial charge is 0.0421 e. The molecule has 0 saturated carbocycles. The summed E-state index contributed by atoms with van der Waals surface area (Å²) >= 11 is 0. The van der Waals surface area contributed by atoms with E-state index in [1.54, 1.807) is 0 Å². The van der Waals surface area contributed by atoms with Crippen LogP contribution >= 0.6 is 0 Å². The molecule has 0 atom stereocenters. The monoisotopic (exact) mass is 269 g/mol. The van der Waals surface area contributed by atoms with Crippen molar-refractivity contribution in [3.8, 4) is 0 Å². The zero-order valence-electron chi connectivity index (χ0n) is 12.3. The molecular formula is C17H23N3. The summed E-state index contributed by atoms with van der Waals surface area (Å²) < 4.78 is 0. The fourth-order valence-electron chi connectivity index (χ4n) is 2.39. The summed E-state index contributed by atoms with van der Waals surface area (Å²) in [6.07, 6.45) is 3.72. The highest BCUT2D eigenvalue weighted by Gasteiger charge is 2.07. The van der Waals surface area contributed by atoms with E-state index in [0.717, 1.165) is 25.1 Å². The van der Waals surface area contributed by atoms with Crippen LogP contribution < -0.4 is 10.6 Å². The summed E-state index contributed by atoms with van der Waals surface area (Å²) in [6.45, 7) is 3.76. The van der Waals surface area contributed by atoms with E-state index in [4.69, 9.17) is 5.73 Å². The van der Waals surface area contributed by atoms with Crippen LogP contribution in [0, 0.1) is 6.92 Å². The molecule has 2 rings (SSSR count). The van der Waals surface area contributed by atoms with E-state index in [9.17, 15) is 0 Å². The number of hydrogen-bond donors (Lipinski definition) is 1. The van der Waals surface area contributed by atoms with E-state index < -0.39 is 0 Å². The van der Waals surface area contributed by atoms with Gasteiger partial charge in [-0.1, -0.05) is 23.8 Å². The van der Waals surface area contributed by atoms with Crippen molar-refractivity contribution in [3.05, 3.63) is 59.4 Å². The van der Waals surface area contributed by atoms with Gasteiger partial charge in [0.2, 0.25) is 0 Å². The molecule has 0 saturated heterocycles. The number of aromatic nitrogens is 1. The third-order valence-electron chi connectivity index (χ3n) is 3.49. The molecule has 3 nitrogen and oxygen atoms in total. The third kappa shape index (κ3) is 3.81. The molecule has 2 aromatic rings. The summed E-state index contributed by atoms with van der Waals surface area (Å²) in [5, 5.41) is 0. The normalized spacial score (nSPS) is 10.6. The number of hydrogen-bond acceptors (Lipinski definition) is 3. The summed E-state index contributed by atoms with van der Waals surface area (Å²) in [7, 11) is 2.13. The molecule has 1 heterocycles. The summed E-state index contributed by atoms with van der Waals surface area (Å²) in [5.41, 5.74) is 10.7. The summed E-state index contributed by atoms with van der Waals surface area (Å²) in [4.78, 5) is 6.66. The second kappa shape index (κ2) is 7.06. The van der Waals surface area contributed by atoms with Crippen LogP contribution in [-0.2, 0) is 12.8 Å². The Bertz CT molecular complexity index is 537. The van der Waals surface area contributed by atoms with Gasteiger partial charge in [-0.25, -0.2) is 0 Å². The molecular weight excluding hydrogens is 246 g/mol. The Morgan fingerprint density at radius 2 is 2.00 bits per heavy atom. The van der Waals surface area contributed by atoms with Crippen molar-refractivity contribution in [2.75, 3.05) is 25.0 Å². The van der Waals surface area contributed by atoms with E-state index in [-0.39, 0.29) is 0 Å². The van der Waals surface area contributed by atoms with Crippen LogP contribution in [0.3, 0.4) is 0 Å². The number of nitrogens with zero attached hydrogens (tertiary/aromatic N) is 2. The second-order valence-corrected chi connectivity index (χ2v) is 5.16. The molecule has 0 unspecified atom stereocenters. The summed E-state index contributed by atoms with van der Waals surface area (Å²) in [6, 6.07) is 12.6. The van der Waals surface area contributed by atoms with Gasteiger partial charge in [0.1, 0.15) is 0 Å². The highest BCUT2D eigenvalue weighted by Crippen LogP contribution is 2.21. The predicted molar refractivity (Wildman–Crippen MR) is 85.1 cm³/mol. The van der Waals surface area contributed by atoms with Crippen LogP contribution in [-0.4, -0.2) is 25.1 Å². The van der Waals surface area contributed by atoms with E-state index in [0.29, 0.717) is 6.54 Å². The maximum Gasteiger partial charge on any atom is 0.0421 e. The molecule has 0 fully saturated rings. The molecule has 1 aromatic heterocycles. The zero-order chi connectivity index (χ0) is 14.4. The Morgan fingerprint density at radius 1 is 1.15 bits per heavy atom. The van der Waals surface area contributed by atoms with E-state index in [2.05, 4.69) is 48.1 Å². The van der Waals surface area contributed by atoms with E-state index in [1.165, 1.54) is 16.8 Å². The number of rotatable bonds is 6. The highest BCUT2D eigenvalue weighted by molar-refractivity contribution is 5.54. The number of benzene rings is 1. The number of nitrogens with two attached hydrogens (primary N) is 1. The lowest BCUT2D eigenvalue weighted by Crippen LogP contribution is -2.22. The SMILES string of the molecule is Cc1ccc(N(C)CCc2ccccn2)c(CCN)c1. The van der Waals surface area contributed by atoms with Gasteiger partial charge in [0.05, 0.1) is 0 Å². The van der Waals surface area contributed by atoms with E-state index >= 15 is 0 Å². The van der Waals surface area contributed by atoms with Crippen molar-refractivity contribution in [2.24, 2.45) is 5.73 Å². The first-order valence-corrected chi connectivity index (χ1v) is 7.11. The Kier molecular flexibility index (Phi) is 5.13. The quantitative estimate of drug-likeness (QED) is 0.876. The number of pyridine rings is 1. The fourth-order valence-corrected chi connectivity index (χ4v) is 2.39. The first kappa shape index (κ1) is 14.5. The molecule has 3 heteroatoms. The average Bonchev–Trinajstić information content (AvgIpc) is 2.46. The Morgan fingerprint density at radius 3 is 2.70 bits per heavy atom. The lowest BCUT2D eigenvalue weighted by atomic mass is 10.1. The Hall–Kier alpha value is -1.87. The first-order chi connectivity index (χ1) is 9.70. The standard InChI is InChI=1S/C17H23N3/c1-14-6-7-17(15(13-14)8-10-18)20(2)12-9-16-5-3-4-11-19-16/h3-7,11,13H,8-10,12,18H2,1-2H3. The van der Waals surface area contributed by atoms with Crippen molar-refractivity contribution in [2.45, 2.75) is 19.8 Å². The van der Waals surface area contributed by atoms with Crippen LogP contribution in [0.4, 0.5) is 5.69 Å². The van der Waals surface area contributed by atoms with Crippen LogP contribution in [0.5, 0.6) is 0 Å². The van der Waals surface area contributed by atoms with Crippen molar-refractivity contribution in [1.29, 1.82) is 0 Å². The highest BCUT2D eigenvalue weighted by atomic mass is 15.1. The first-order valence-electron chi connectivity index (χ1n) is 7.11. The van der Waals surface area contributed by atoms with Gasteiger partial charge in [0, 0.05) is 37.6 Å². The molecule has 2 N–H and O–H groups in total. The lowest BCUT2D eigenvalue weighted by molar-refractivity contribution is 0.841. The van der Waals surface area contributed by atoms with Crippen LogP contribution in [0.25, 0.3) is 0 Å². The summed E-state index contributed by atoms with van der Waals surface area (Å²) in [5.74, 6) is 0. The van der Waals surface area contributed by atoms with Crippen LogP contribution in [0.15, 0.2) is 42.6 Å². The fraction of sp³-hybridized carbons (Fsp3) is 0.353. The van der Waals surface area contributed by atoms with Gasteiger partial charge in [-0.15, -0.1) is 0 Å². The predicted octanol–water partition coefficient (Wildman–Crippen LogP) is 2.57. The largest absolute Gasteiger partial charge is 0.374 e. The molecule has 0 bridgehead atoms. The minimum Gasteiger partial charge on any atom is -0.374 e. The van der Waals surface area contributed by atoms with Crippen molar-refractivity contribution in [3.63, 3.8) is 0 Å². The Balaban J connectivity index is 2.06. The van der Waals surface area contributed by atoms with Gasteiger partial charge < -0.3 is 10.6 Å². The Labute approximate surface area is 121 Å². The maximum atomic E-state index is 5.72. The number of aryl methyl sites for hydroxylation is 1. The number of likely N-dealkylation sites (N-methyl/N-ethyl adjacent to an activating group) is 1. The van der Waals surface area contributed by atoms with Crippen molar-refractivity contribution >= 4 is 5.69 Å². The third-order valence-corrected chi connectivity index (χ3v) is 3.49. The minimum absolute atomic E-state index is 0.685. The van der Waals surface area contributed by atoms with Gasteiger partial charge in [0.15, 0.2) is 0 Å². The zero-order valence-corrected chi connectivity index (χ0v) is 12.3. The van der Waals surface area contributed by atoms with Gasteiger partial charge in [-0.05, 0) is 43.7 Å². The van der Waals surface area contributed by atoms with Crippen LogP contribution in [0.2, 0.25) is 0 Å². The van der Waals surface area contributed by atoms with Gasteiger partial charge >= 0.3 is 0 Å². The molecule has 0 amide bonds. The van der Waals surface area contributed by atoms with Gasteiger partial charge in [-0.2, -0.15) is 0 Å². The molecule has 0 aliphatic rings. The van der Waals surface area contributed by atoms with Crippen molar-refractivity contribution < 1.29 is 0 Å². The lowest BCUT2D eigenvalue weighted by Gasteiger charge is -2.23. The van der Waals surface area contributed by atoms with Crippen molar-refractivity contribution in [1.82, 2.24) is 4.98 Å². The van der Waals surface area contributed by atoms with Crippen LogP contribution in [0.1, 0.15) is 16.8 Å².